The van der Waals surface area contributed by atoms with E-state index in [4.69, 9.17) is 16.9 Å². The third-order valence-corrected chi connectivity index (χ3v) is 4.26. The summed E-state index contributed by atoms with van der Waals surface area (Å²) in [4.78, 5) is 2.53. The van der Waals surface area contributed by atoms with Crippen LogP contribution in [-0.4, -0.2) is 30.1 Å². The van der Waals surface area contributed by atoms with E-state index in [1.54, 1.807) is 6.07 Å². The third-order valence-electron chi connectivity index (χ3n) is 3.95. The van der Waals surface area contributed by atoms with E-state index >= 15 is 0 Å². The zero-order chi connectivity index (χ0) is 14.5. The highest BCUT2D eigenvalue weighted by molar-refractivity contribution is 6.33. The van der Waals surface area contributed by atoms with Gasteiger partial charge in [-0.2, -0.15) is 5.26 Å². The minimum atomic E-state index is 0.462. The highest BCUT2D eigenvalue weighted by atomic mass is 35.5. The third kappa shape index (κ3) is 3.88. The molecule has 1 N–H and O–H groups in total. The number of nitrogens with zero attached hydrogens (tertiary/aromatic N) is 2. The molecule has 20 heavy (non-hydrogen) atoms. The molecule has 1 atom stereocenters. The Bertz CT molecular complexity index is 493. The number of hydrogen-bond acceptors (Lipinski definition) is 3. The first-order chi connectivity index (χ1) is 9.60. The molecule has 1 aromatic carbocycles. The predicted octanol–water partition coefficient (Wildman–Crippen LogP) is 3.89. The fourth-order valence-corrected chi connectivity index (χ4v) is 2.94. The lowest BCUT2D eigenvalue weighted by molar-refractivity contribution is 0.230. The molecule has 0 radical (unpaired) electrons. The molecule has 1 fully saturated rings. The average molecular weight is 292 g/mol. The Labute approximate surface area is 126 Å². The molecular weight excluding hydrogens is 270 g/mol. The summed E-state index contributed by atoms with van der Waals surface area (Å²) in [5.41, 5.74) is 1.54. The van der Waals surface area contributed by atoms with Gasteiger partial charge >= 0.3 is 0 Å². The Kier molecular flexibility index (Phi) is 5.28. The van der Waals surface area contributed by atoms with E-state index in [2.05, 4.69) is 30.1 Å². The van der Waals surface area contributed by atoms with E-state index in [0.29, 0.717) is 22.7 Å². The molecule has 1 heterocycles. The number of nitriles is 1. The van der Waals surface area contributed by atoms with Crippen molar-refractivity contribution >= 4 is 17.3 Å². The van der Waals surface area contributed by atoms with Crippen LogP contribution in [0.25, 0.3) is 0 Å². The quantitative estimate of drug-likeness (QED) is 0.918. The topological polar surface area (TPSA) is 39.1 Å². The number of anilines is 1. The van der Waals surface area contributed by atoms with Crippen LogP contribution in [0.3, 0.4) is 0 Å². The molecular formula is C16H22ClN3. The molecule has 108 valence electrons. The van der Waals surface area contributed by atoms with Crippen LogP contribution in [-0.2, 0) is 0 Å². The summed E-state index contributed by atoms with van der Waals surface area (Å²) < 4.78 is 0. The second-order valence-electron chi connectivity index (χ2n) is 5.71. The van der Waals surface area contributed by atoms with Crippen molar-refractivity contribution in [1.82, 2.24) is 4.90 Å². The standard InChI is InChI=1S/C16H22ClN3/c1-12(2)20-8-3-4-14(7-9-20)19-16-6-5-13(11-18)10-15(16)17/h5-6,10,12,14,19H,3-4,7-9H2,1-2H3. The van der Waals surface area contributed by atoms with Crippen molar-refractivity contribution in [2.75, 3.05) is 18.4 Å². The van der Waals surface area contributed by atoms with Crippen LogP contribution < -0.4 is 5.32 Å². The van der Waals surface area contributed by atoms with Crippen molar-refractivity contribution in [3.05, 3.63) is 28.8 Å². The predicted molar refractivity (Wildman–Crippen MR) is 84.1 cm³/mol. The lowest BCUT2D eigenvalue weighted by atomic mass is 10.1. The number of likely N-dealkylation sites (tertiary alicyclic amines) is 1. The smallest absolute Gasteiger partial charge is 0.0992 e. The zero-order valence-electron chi connectivity index (χ0n) is 12.2. The van der Waals surface area contributed by atoms with E-state index in [1.807, 2.05) is 12.1 Å². The second-order valence-corrected chi connectivity index (χ2v) is 6.12. The number of nitrogens with one attached hydrogen (secondary N) is 1. The SMILES string of the molecule is CC(C)N1CCCC(Nc2ccc(C#N)cc2Cl)CC1. The molecule has 0 aliphatic carbocycles. The summed E-state index contributed by atoms with van der Waals surface area (Å²) in [6, 6.07) is 8.63. The molecule has 4 heteroatoms. The molecule has 0 amide bonds. The lowest BCUT2D eigenvalue weighted by Gasteiger charge is -2.24. The van der Waals surface area contributed by atoms with Crippen molar-refractivity contribution in [1.29, 1.82) is 5.26 Å². The van der Waals surface area contributed by atoms with Crippen molar-refractivity contribution in [3.8, 4) is 6.07 Å². The summed E-state index contributed by atoms with van der Waals surface area (Å²) in [6.07, 6.45) is 3.51. The van der Waals surface area contributed by atoms with Gasteiger partial charge in [-0.3, -0.25) is 0 Å². The van der Waals surface area contributed by atoms with Crippen molar-refractivity contribution in [2.45, 2.75) is 45.2 Å². The van der Waals surface area contributed by atoms with Gasteiger partial charge in [-0.05, 0) is 57.9 Å². The molecule has 0 saturated carbocycles. The molecule has 1 saturated heterocycles. The van der Waals surface area contributed by atoms with Crippen molar-refractivity contribution < 1.29 is 0 Å². The van der Waals surface area contributed by atoms with Crippen LogP contribution >= 0.6 is 11.6 Å². The van der Waals surface area contributed by atoms with E-state index < -0.39 is 0 Å². The average Bonchev–Trinajstić information content (AvgIpc) is 2.66. The Hall–Kier alpha value is -1.24. The van der Waals surface area contributed by atoms with Gasteiger partial charge in [-0.25, -0.2) is 0 Å². The summed E-state index contributed by atoms with van der Waals surface area (Å²) in [5.74, 6) is 0. The molecule has 0 bridgehead atoms. The van der Waals surface area contributed by atoms with Crippen LogP contribution in [0.4, 0.5) is 5.69 Å². The molecule has 0 aromatic heterocycles. The summed E-state index contributed by atoms with van der Waals surface area (Å²) in [5, 5.41) is 13.0. The van der Waals surface area contributed by atoms with Crippen molar-refractivity contribution in [3.63, 3.8) is 0 Å². The molecule has 1 aromatic rings. The first kappa shape index (κ1) is 15.2. The number of rotatable bonds is 3. The molecule has 1 unspecified atom stereocenters. The van der Waals surface area contributed by atoms with Gasteiger partial charge < -0.3 is 10.2 Å². The minimum Gasteiger partial charge on any atom is -0.381 e. The van der Waals surface area contributed by atoms with Crippen LogP contribution in [0.15, 0.2) is 18.2 Å². The maximum absolute atomic E-state index is 8.86. The molecule has 1 aliphatic rings. The Morgan fingerprint density at radius 3 is 2.80 bits per heavy atom. The minimum absolute atomic E-state index is 0.462. The monoisotopic (exact) mass is 291 g/mol. The number of halogens is 1. The van der Waals surface area contributed by atoms with Crippen LogP contribution in [0, 0.1) is 11.3 Å². The Morgan fingerprint density at radius 2 is 2.15 bits per heavy atom. The fourth-order valence-electron chi connectivity index (χ4n) is 2.70. The largest absolute Gasteiger partial charge is 0.381 e. The highest BCUT2D eigenvalue weighted by Crippen LogP contribution is 2.25. The van der Waals surface area contributed by atoms with Gasteiger partial charge in [0.1, 0.15) is 0 Å². The second kappa shape index (κ2) is 6.97. The molecule has 3 nitrogen and oxygen atoms in total. The van der Waals surface area contributed by atoms with Gasteiger partial charge in [0.25, 0.3) is 0 Å². The van der Waals surface area contributed by atoms with E-state index in [-0.39, 0.29) is 0 Å². The van der Waals surface area contributed by atoms with Crippen molar-refractivity contribution in [2.24, 2.45) is 0 Å². The maximum Gasteiger partial charge on any atom is 0.0992 e. The fraction of sp³-hybridized carbons (Fsp3) is 0.562. The first-order valence-electron chi connectivity index (χ1n) is 7.30. The Balaban J connectivity index is 1.98. The van der Waals surface area contributed by atoms with E-state index in [9.17, 15) is 0 Å². The van der Waals surface area contributed by atoms with Gasteiger partial charge in [-0.1, -0.05) is 11.6 Å². The van der Waals surface area contributed by atoms with Gasteiger partial charge in [0.15, 0.2) is 0 Å². The summed E-state index contributed by atoms with van der Waals surface area (Å²) >= 11 is 6.22. The van der Waals surface area contributed by atoms with Crippen LogP contribution in [0.1, 0.15) is 38.7 Å². The van der Waals surface area contributed by atoms with Gasteiger partial charge in [0.2, 0.25) is 0 Å². The zero-order valence-corrected chi connectivity index (χ0v) is 13.0. The van der Waals surface area contributed by atoms with E-state index in [1.165, 1.54) is 19.4 Å². The normalized spacial score (nSPS) is 20.4. The highest BCUT2D eigenvalue weighted by Gasteiger charge is 2.19. The summed E-state index contributed by atoms with van der Waals surface area (Å²) in [7, 11) is 0. The molecule has 2 rings (SSSR count). The summed E-state index contributed by atoms with van der Waals surface area (Å²) in [6.45, 7) is 6.82. The molecule has 0 spiro atoms. The lowest BCUT2D eigenvalue weighted by Crippen LogP contribution is -2.32. The van der Waals surface area contributed by atoms with Crippen LogP contribution in [0.2, 0.25) is 5.02 Å². The Morgan fingerprint density at radius 1 is 1.35 bits per heavy atom. The maximum atomic E-state index is 8.86. The van der Waals surface area contributed by atoms with Gasteiger partial charge in [0, 0.05) is 18.6 Å². The van der Waals surface area contributed by atoms with Gasteiger partial charge in [-0.15, -0.1) is 0 Å². The first-order valence-corrected chi connectivity index (χ1v) is 7.68. The molecule has 1 aliphatic heterocycles. The van der Waals surface area contributed by atoms with Crippen LogP contribution in [0.5, 0.6) is 0 Å². The number of benzene rings is 1. The van der Waals surface area contributed by atoms with Gasteiger partial charge in [0.05, 0.1) is 22.3 Å². The van der Waals surface area contributed by atoms with E-state index in [0.717, 1.165) is 18.7 Å². The number of hydrogen-bond donors (Lipinski definition) is 1.